The summed E-state index contributed by atoms with van der Waals surface area (Å²) in [6.07, 6.45) is 1.56. The SMILES string of the molecule is COc1ccc(Nc2ccnc(C(=O)Nc3cccc(NC(C)=O)c3)c2)cc1. The van der Waals surface area contributed by atoms with Gasteiger partial charge in [0, 0.05) is 35.9 Å². The van der Waals surface area contributed by atoms with Crippen molar-refractivity contribution in [2.45, 2.75) is 6.92 Å². The van der Waals surface area contributed by atoms with Crippen molar-refractivity contribution < 1.29 is 14.3 Å². The number of carbonyl (C=O) groups excluding carboxylic acids is 2. The number of hydrogen-bond acceptors (Lipinski definition) is 5. The van der Waals surface area contributed by atoms with Crippen molar-refractivity contribution in [3.8, 4) is 5.75 Å². The number of nitrogens with one attached hydrogen (secondary N) is 3. The number of ether oxygens (including phenoxy) is 1. The van der Waals surface area contributed by atoms with Gasteiger partial charge in [-0.15, -0.1) is 0 Å². The second-order valence-corrected chi connectivity index (χ2v) is 6.00. The summed E-state index contributed by atoms with van der Waals surface area (Å²) in [5.41, 5.74) is 3.03. The third-order valence-corrected chi connectivity index (χ3v) is 3.81. The number of hydrogen-bond donors (Lipinski definition) is 3. The quantitative estimate of drug-likeness (QED) is 0.604. The average Bonchev–Trinajstić information content (AvgIpc) is 2.68. The molecule has 1 heterocycles. The zero-order chi connectivity index (χ0) is 19.9. The maximum absolute atomic E-state index is 12.5. The maximum atomic E-state index is 12.5. The monoisotopic (exact) mass is 376 g/mol. The van der Waals surface area contributed by atoms with Crippen molar-refractivity contribution >= 4 is 34.6 Å². The van der Waals surface area contributed by atoms with Crippen LogP contribution in [-0.2, 0) is 4.79 Å². The van der Waals surface area contributed by atoms with Crippen molar-refractivity contribution in [1.29, 1.82) is 0 Å². The molecular weight excluding hydrogens is 356 g/mol. The predicted octanol–water partition coefficient (Wildman–Crippen LogP) is 4.04. The summed E-state index contributed by atoms with van der Waals surface area (Å²) in [6, 6.07) is 17.8. The van der Waals surface area contributed by atoms with Crippen molar-refractivity contribution in [3.63, 3.8) is 0 Å². The number of anilines is 4. The van der Waals surface area contributed by atoms with E-state index in [1.165, 1.54) is 6.92 Å². The van der Waals surface area contributed by atoms with Crippen LogP contribution in [0.5, 0.6) is 5.75 Å². The molecule has 1 aromatic heterocycles. The molecule has 2 amide bonds. The molecular formula is C21H20N4O3. The van der Waals surface area contributed by atoms with Crippen LogP contribution in [-0.4, -0.2) is 23.9 Å². The Bertz CT molecular complexity index is 987. The first-order chi connectivity index (χ1) is 13.5. The van der Waals surface area contributed by atoms with E-state index in [1.54, 1.807) is 49.7 Å². The molecule has 0 aliphatic carbocycles. The molecule has 0 saturated carbocycles. The molecule has 0 spiro atoms. The van der Waals surface area contributed by atoms with E-state index in [0.717, 1.165) is 17.1 Å². The third-order valence-electron chi connectivity index (χ3n) is 3.81. The van der Waals surface area contributed by atoms with E-state index in [9.17, 15) is 9.59 Å². The lowest BCUT2D eigenvalue weighted by atomic mass is 10.2. The smallest absolute Gasteiger partial charge is 0.274 e. The zero-order valence-electron chi connectivity index (χ0n) is 15.5. The first-order valence-corrected chi connectivity index (χ1v) is 8.59. The van der Waals surface area contributed by atoms with Crippen LogP contribution < -0.4 is 20.7 Å². The van der Waals surface area contributed by atoms with Crippen molar-refractivity contribution in [2.24, 2.45) is 0 Å². The molecule has 0 saturated heterocycles. The molecule has 0 fully saturated rings. The van der Waals surface area contributed by atoms with Crippen LogP contribution in [0.15, 0.2) is 66.9 Å². The highest BCUT2D eigenvalue weighted by Gasteiger charge is 2.09. The summed E-state index contributed by atoms with van der Waals surface area (Å²) in [5, 5.41) is 8.68. The largest absolute Gasteiger partial charge is 0.497 e. The molecule has 7 heteroatoms. The average molecular weight is 376 g/mol. The van der Waals surface area contributed by atoms with Crippen LogP contribution in [0, 0.1) is 0 Å². The molecule has 142 valence electrons. The van der Waals surface area contributed by atoms with E-state index in [0.29, 0.717) is 11.4 Å². The molecule has 3 aromatic rings. The Kier molecular flexibility index (Phi) is 5.86. The summed E-state index contributed by atoms with van der Waals surface area (Å²) < 4.78 is 5.14. The standard InChI is InChI=1S/C21H20N4O3/c1-14(26)23-16-4-3-5-17(12-16)25-21(27)20-13-18(10-11-22-20)24-15-6-8-19(28-2)9-7-15/h3-13H,1-2H3,(H,22,24)(H,23,26)(H,25,27). The van der Waals surface area contributed by atoms with Gasteiger partial charge < -0.3 is 20.7 Å². The number of carbonyl (C=O) groups is 2. The first kappa shape index (κ1) is 18.9. The molecule has 0 bridgehead atoms. The fourth-order valence-corrected chi connectivity index (χ4v) is 2.55. The van der Waals surface area contributed by atoms with Gasteiger partial charge in [-0.3, -0.25) is 14.6 Å². The van der Waals surface area contributed by atoms with Crippen LogP contribution in [0.2, 0.25) is 0 Å². The minimum absolute atomic E-state index is 0.178. The van der Waals surface area contributed by atoms with E-state index < -0.39 is 0 Å². The lowest BCUT2D eigenvalue weighted by Gasteiger charge is -2.10. The van der Waals surface area contributed by atoms with Gasteiger partial charge >= 0.3 is 0 Å². The Hall–Kier alpha value is -3.87. The van der Waals surface area contributed by atoms with Crippen molar-refractivity contribution in [1.82, 2.24) is 4.98 Å². The Morgan fingerprint density at radius 3 is 2.25 bits per heavy atom. The number of benzene rings is 2. The summed E-state index contributed by atoms with van der Waals surface area (Å²) in [5.74, 6) is 0.239. The Morgan fingerprint density at radius 1 is 0.857 bits per heavy atom. The minimum atomic E-state index is -0.349. The topological polar surface area (TPSA) is 92.3 Å². The van der Waals surface area contributed by atoms with Gasteiger partial charge in [0.05, 0.1) is 7.11 Å². The fourth-order valence-electron chi connectivity index (χ4n) is 2.55. The van der Waals surface area contributed by atoms with Gasteiger partial charge in [-0.1, -0.05) is 6.07 Å². The second kappa shape index (κ2) is 8.68. The number of pyridine rings is 1. The fraction of sp³-hybridized carbons (Fsp3) is 0.0952. The zero-order valence-corrected chi connectivity index (χ0v) is 15.5. The predicted molar refractivity (Wildman–Crippen MR) is 109 cm³/mol. The maximum Gasteiger partial charge on any atom is 0.274 e. The number of nitrogens with zero attached hydrogens (tertiary/aromatic N) is 1. The van der Waals surface area contributed by atoms with Crippen LogP contribution in [0.1, 0.15) is 17.4 Å². The van der Waals surface area contributed by atoms with Crippen LogP contribution in [0.4, 0.5) is 22.7 Å². The van der Waals surface area contributed by atoms with Gasteiger partial charge in [-0.25, -0.2) is 0 Å². The summed E-state index contributed by atoms with van der Waals surface area (Å²) in [4.78, 5) is 27.8. The highest BCUT2D eigenvalue weighted by atomic mass is 16.5. The highest BCUT2D eigenvalue weighted by Crippen LogP contribution is 2.21. The number of methoxy groups -OCH3 is 1. The lowest BCUT2D eigenvalue weighted by molar-refractivity contribution is -0.114. The van der Waals surface area contributed by atoms with Gasteiger partial charge in [0.2, 0.25) is 5.91 Å². The highest BCUT2D eigenvalue weighted by molar-refractivity contribution is 6.03. The van der Waals surface area contributed by atoms with Gasteiger partial charge in [0.1, 0.15) is 11.4 Å². The van der Waals surface area contributed by atoms with E-state index in [2.05, 4.69) is 20.9 Å². The normalized spacial score (nSPS) is 10.1. The molecule has 0 radical (unpaired) electrons. The Balaban J connectivity index is 1.70. The minimum Gasteiger partial charge on any atom is -0.497 e. The Morgan fingerprint density at radius 2 is 1.57 bits per heavy atom. The molecule has 28 heavy (non-hydrogen) atoms. The van der Waals surface area contributed by atoms with Gasteiger partial charge in [-0.2, -0.15) is 0 Å². The first-order valence-electron chi connectivity index (χ1n) is 8.59. The molecule has 0 unspecified atom stereocenters. The Labute approximate surface area is 162 Å². The second-order valence-electron chi connectivity index (χ2n) is 6.00. The van der Waals surface area contributed by atoms with Crippen LogP contribution >= 0.6 is 0 Å². The summed E-state index contributed by atoms with van der Waals surface area (Å²) in [7, 11) is 1.61. The van der Waals surface area contributed by atoms with E-state index in [1.807, 2.05) is 24.3 Å². The number of amides is 2. The molecule has 2 aromatic carbocycles. The number of aromatic nitrogens is 1. The van der Waals surface area contributed by atoms with Crippen LogP contribution in [0.25, 0.3) is 0 Å². The molecule has 0 atom stereocenters. The third kappa shape index (κ3) is 5.07. The molecule has 0 aliphatic heterocycles. The van der Waals surface area contributed by atoms with Crippen LogP contribution in [0.3, 0.4) is 0 Å². The number of rotatable bonds is 6. The van der Waals surface area contributed by atoms with Crippen molar-refractivity contribution in [3.05, 3.63) is 72.6 Å². The molecule has 7 nitrogen and oxygen atoms in total. The van der Waals surface area contributed by atoms with Gasteiger partial charge in [-0.05, 0) is 54.6 Å². The molecule has 3 rings (SSSR count). The van der Waals surface area contributed by atoms with Gasteiger partial charge in [0.15, 0.2) is 0 Å². The molecule has 3 N–H and O–H groups in total. The van der Waals surface area contributed by atoms with E-state index in [-0.39, 0.29) is 17.5 Å². The molecule has 0 aliphatic rings. The summed E-state index contributed by atoms with van der Waals surface area (Å²) >= 11 is 0. The van der Waals surface area contributed by atoms with E-state index >= 15 is 0 Å². The van der Waals surface area contributed by atoms with Crippen molar-refractivity contribution in [2.75, 3.05) is 23.1 Å². The van der Waals surface area contributed by atoms with E-state index in [4.69, 9.17) is 4.74 Å². The summed E-state index contributed by atoms with van der Waals surface area (Å²) in [6.45, 7) is 1.43. The lowest BCUT2D eigenvalue weighted by Crippen LogP contribution is -2.14. The van der Waals surface area contributed by atoms with Gasteiger partial charge in [0.25, 0.3) is 5.91 Å².